The van der Waals surface area contributed by atoms with Gasteiger partial charge >= 0.3 is 5.97 Å². The third-order valence-electron chi connectivity index (χ3n) is 15.3. The smallest absolute Gasteiger partial charge is 0.302 e. The van der Waals surface area contributed by atoms with Crippen LogP contribution < -0.4 is 0 Å². The van der Waals surface area contributed by atoms with Gasteiger partial charge in [0.15, 0.2) is 6.29 Å². The van der Waals surface area contributed by atoms with E-state index in [4.69, 9.17) is 14.2 Å². The molecule has 4 nitrogen and oxygen atoms in total. The van der Waals surface area contributed by atoms with Crippen LogP contribution in [-0.2, 0) is 19.0 Å². The van der Waals surface area contributed by atoms with Gasteiger partial charge in [0, 0.05) is 18.9 Å². The largest absolute Gasteiger partial charge is 0.465 e. The summed E-state index contributed by atoms with van der Waals surface area (Å²) in [5.41, 5.74) is 3.71. The molecular formula is C38H60O4. The second-order valence-electron chi connectivity index (χ2n) is 17.0. The van der Waals surface area contributed by atoms with Gasteiger partial charge in [-0.1, -0.05) is 52.0 Å². The van der Waals surface area contributed by atoms with E-state index < -0.39 is 0 Å². The minimum atomic E-state index is -0.168. The highest BCUT2D eigenvalue weighted by atomic mass is 16.7. The van der Waals surface area contributed by atoms with Crippen LogP contribution in [0.2, 0.25) is 0 Å². The van der Waals surface area contributed by atoms with Gasteiger partial charge in [-0.15, -0.1) is 0 Å². The standard InChI is InChI=1S/C38H60O4/c1-25(2)28-15-19-38(24-42-32-11-9-10-22-40-32)21-20-36(7)29(33(28)38)12-13-31-34(5)17-14-26(3)35(6,23-41-27(4)39)30(34)16-18-37(31,36)8/h28-33H,1,3,9-24H2,2,4-8H3. The van der Waals surface area contributed by atoms with Crippen molar-refractivity contribution < 1.29 is 19.0 Å². The summed E-state index contributed by atoms with van der Waals surface area (Å²) < 4.78 is 18.5. The van der Waals surface area contributed by atoms with Gasteiger partial charge in [0.2, 0.25) is 0 Å². The molecule has 6 aliphatic rings. The molecule has 0 spiro atoms. The zero-order valence-corrected chi connectivity index (χ0v) is 27.8. The molecule has 0 N–H and O–H groups in total. The molecule has 6 rings (SSSR count). The molecule has 1 heterocycles. The molecule has 0 aromatic rings. The molecule has 0 bridgehead atoms. The number of esters is 1. The number of allylic oxidation sites excluding steroid dienone is 1. The molecular weight excluding hydrogens is 520 g/mol. The summed E-state index contributed by atoms with van der Waals surface area (Å²) in [6.45, 7) is 25.6. The molecule has 6 fully saturated rings. The number of rotatable bonds is 6. The molecule has 0 amide bonds. The van der Waals surface area contributed by atoms with Crippen LogP contribution in [-0.4, -0.2) is 32.1 Å². The number of fused-ring (bicyclic) bond motifs is 7. The highest BCUT2D eigenvalue weighted by Crippen LogP contribution is 2.77. The van der Waals surface area contributed by atoms with E-state index in [2.05, 4.69) is 47.8 Å². The van der Waals surface area contributed by atoms with Crippen molar-refractivity contribution >= 4 is 5.97 Å². The summed E-state index contributed by atoms with van der Waals surface area (Å²) in [7, 11) is 0. The van der Waals surface area contributed by atoms with Crippen molar-refractivity contribution in [1.82, 2.24) is 0 Å². The molecule has 1 aliphatic heterocycles. The third-order valence-corrected chi connectivity index (χ3v) is 15.3. The second-order valence-corrected chi connectivity index (χ2v) is 17.0. The second kappa shape index (κ2) is 10.7. The minimum absolute atomic E-state index is 0.00297. The maximum absolute atomic E-state index is 11.9. The van der Waals surface area contributed by atoms with Gasteiger partial charge in [0.25, 0.3) is 0 Å². The van der Waals surface area contributed by atoms with E-state index in [0.717, 1.165) is 32.0 Å². The first-order chi connectivity index (χ1) is 19.8. The van der Waals surface area contributed by atoms with Crippen molar-refractivity contribution in [2.45, 2.75) is 131 Å². The van der Waals surface area contributed by atoms with E-state index in [1.807, 2.05) is 0 Å². The van der Waals surface area contributed by atoms with Crippen molar-refractivity contribution in [1.29, 1.82) is 0 Å². The molecule has 0 aromatic heterocycles. The number of hydrogen-bond acceptors (Lipinski definition) is 4. The topological polar surface area (TPSA) is 44.8 Å². The van der Waals surface area contributed by atoms with Gasteiger partial charge in [0.05, 0.1) is 6.61 Å². The van der Waals surface area contributed by atoms with Crippen LogP contribution in [0, 0.1) is 56.7 Å². The Hall–Kier alpha value is -1.13. The Labute approximate surface area is 256 Å². The Morgan fingerprint density at radius 3 is 2.36 bits per heavy atom. The molecule has 0 radical (unpaired) electrons. The van der Waals surface area contributed by atoms with Gasteiger partial charge in [0.1, 0.15) is 6.61 Å². The fourth-order valence-electron chi connectivity index (χ4n) is 12.8. The lowest BCUT2D eigenvalue weighted by molar-refractivity contribution is -0.247. The fourth-order valence-corrected chi connectivity index (χ4v) is 12.8. The number of hydrogen-bond donors (Lipinski definition) is 0. The van der Waals surface area contributed by atoms with Crippen molar-refractivity contribution in [3.05, 3.63) is 24.3 Å². The monoisotopic (exact) mass is 580 g/mol. The summed E-state index contributed by atoms with van der Waals surface area (Å²) in [5, 5.41) is 0. The van der Waals surface area contributed by atoms with Crippen molar-refractivity contribution in [3.63, 3.8) is 0 Å². The first-order valence-corrected chi connectivity index (χ1v) is 17.5. The van der Waals surface area contributed by atoms with Crippen LogP contribution in [0.3, 0.4) is 0 Å². The molecule has 4 heteroatoms. The van der Waals surface area contributed by atoms with E-state index >= 15 is 0 Å². The normalized spacial score (nSPS) is 50.2. The van der Waals surface area contributed by atoms with Crippen molar-refractivity contribution in [3.8, 4) is 0 Å². The zero-order chi connectivity index (χ0) is 30.1. The summed E-state index contributed by atoms with van der Waals surface area (Å²) in [6, 6.07) is 0. The van der Waals surface area contributed by atoms with Crippen LogP contribution in [0.25, 0.3) is 0 Å². The Kier molecular flexibility index (Phi) is 7.90. The van der Waals surface area contributed by atoms with E-state index in [1.54, 1.807) is 6.92 Å². The van der Waals surface area contributed by atoms with Gasteiger partial charge in [-0.3, -0.25) is 4.79 Å². The summed E-state index contributed by atoms with van der Waals surface area (Å²) in [5.74, 6) is 3.05. The van der Waals surface area contributed by atoms with E-state index in [9.17, 15) is 4.79 Å². The van der Waals surface area contributed by atoms with E-state index in [1.165, 1.54) is 81.8 Å². The van der Waals surface area contributed by atoms with Gasteiger partial charge in [-0.2, -0.15) is 0 Å². The van der Waals surface area contributed by atoms with E-state index in [-0.39, 0.29) is 28.5 Å². The highest BCUT2D eigenvalue weighted by molar-refractivity contribution is 5.66. The van der Waals surface area contributed by atoms with Crippen molar-refractivity contribution in [2.75, 3.05) is 19.8 Å². The fraction of sp³-hybridized carbons (Fsp3) is 0.868. The van der Waals surface area contributed by atoms with Gasteiger partial charge in [-0.05, 0) is 142 Å². The van der Waals surface area contributed by atoms with Crippen LogP contribution in [0.1, 0.15) is 125 Å². The maximum atomic E-state index is 11.9. The Morgan fingerprint density at radius 1 is 0.881 bits per heavy atom. The minimum Gasteiger partial charge on any atom is -0.465 e. The average Bonchev–Trinajstić information content (AvgIpc) is 3.34. The quantitative estimate of drug-likeness (QED) is 0.232. The predicted octanol–water partition coefficient (Wildman–Crippen LogP) is 9.29. The lowest BCUT2D eigenvalue weighted by atomic mass is 9.32. The molecule has 0 aromatic carbocycles. The molecule has 5 saturated carbocycles. The number of ether oxygens (including phenoxy) is 3. The Balaban J connectivity index is 1.31. The number of carbonyl (C=O) groups excluding carboxylic acids is 1. The van der Waals surface area contributed by atoms with Crippen molar-refractivity contribution in [2.24, 2.45) is 56.7 Å². The van der Waals surface area contributed by atoms with Crippen LogP contribution in [0.15, 0.2) is 24.3 Å². The SMILES string of the molecule is C=C(C)C1CCC2(COC3CCCCO3)CCC3(C)C(CCC4C5(C)CCC(=C)C(C)(COC(C)=O)C5CCC43C)C12. The van der Waals surface area contributed by atoms with Crippen LogP contribution in [0.5, 0.6) is 0 Å². The molecule has 236 valence electrons. The Morgan fingerprint density at radius 2 is 1.67 bits per heavy atom. The molecule has 11 atom stereocenters. The molecule has 5 aliphatic carbocycles. The third kappa shape index (κ3) is 4.45. The van der Waals surface area contributed by atoms with Gasteiger partial charge < -0.3 is 14.2 Å². The lowest BCUT2D eigenvalue weighted by Crippen LogP contribution is -2.66. The van der Waals surface area contributed by atoms with Gasteiger partial charge in [-0.25, -0.2) is 0 Å². The van der Waals surface area contributed by atoms with Crippen LogP contribution >= 0.6 is 0 Å². The molecule has 11 unspecified atom stereocenters. The van der Waals surface area contributed by atoms with E-state index in [0.29, 0.717) is 41.1 Å². The van der Waals surface area contributed by atoms with Crippen LogP contribution in [0.4, 0.5) is 0 Å². The first-order valence-electron chi connectivity index (χ1n) is 17.5. The molecule has 42 heavy (non-hydrogen) atoms. The summed E-state index contributed by atoms with van der Waals surface area (Å²) in [6.07, 6.45) is 16.0. The zero-order valence-electron chi connectivity index (χ0n) is 27.8. The predicted molar refractivity (Wildman–Crippen MR) is 169 cm³/mol. The average molecular weight is 581 g/mol. The summed E-state index contributed by atoms with van der Waals surface area (Å²) in [4.78, 5) is 11.9. The maximum Gasteiger partial charge on any atom is 0.302 e. The number of carbonyl (C=O) groups is 1. The first kappa shape index (κ1) is 30.9. The molecule has 1 saturated heterocycles. The Bertz CT molecular complexity index is 1090. The summed E-state index contributed by atoms with van der Waals surface area (Å²) >= 11 is 0. The lowest BCUT2D eigenvalue weighted by Gasteiger charge is -2.73. The highest BCUT2D eigenvalue weighted by Gasteiger charge is 2.71.